The minimum Gasteiger partial charge on any atom is -0.478 e. The molecule has 0 atom stereocenters. The fraction of sp³-hybridized carbons (Fsp3) is 0.182. The number of carboxylic acid groups (broad SMARTS) is 1. The number of aromatic carboxylic acids is 1. The van der Waals surface area contributed by atoms with Crippen molar-refractivity contribution in [2.24, 2.45) is 0 Å². The number of nitrogens with zero attached hydrogens (tertiary/aromatic N) is 2. The second kappa shape index (κ2) is 5.92. The molecule has 0 spiro atoms. The number of carbonyl (C=O) groups is 1. The predicted octanol–water partition coefficient (Wildman–Crippen LogP) is 1.32. The second-order valence-electron chi connectivity index (χ2n) is 4.06. The lowest BCUT2D eigenvalue weighted by Gasteiger charge is -2.10. The van der Waals surface area contributed by atoms with Crippen LogP contribution in [-0.4, -0.2) is 29.6 Å². The maximum absolute atomic E-state index is 12.3. The number of aromatic nitrogens is 2. The molecule has 0 amide bonds. The summed E-state index contributed by atoms with van der Waals surface area (Å²) < 4.78 is 31.7. The van der Waals surface area contributed by atoms with E-state index in [1.807, 2.05) is 0 Å². The molecule has 0 fully saturated rings. The van der Waals surface area contributed by atoms with Gasteiger partial charge in [-0.15, -0.1) is 0 Å². The van der Waals surface area contributed by atoms with Crippen LogP contribution in [0, 0.1) is 6.92 Å². The summed E-state index contributed by atoms with van der Waals surface area (Å²) in [7, 11) is -3.91. The third kappa shape index (κ3) is 3.46. The number of hydrogen-bond donors (Lipinski definition) is 2. The fourth-order valence-corrected chi connectivity index (χ4v) is 3.43. The third-order valence-electron chi connectivity index (χ3n) is 2.66. The van der Waals surface area contributed by atoms with Gasteiger partial charge in [0.2, 0.25) is 16.4 Å². The molecule has 0 saturated carbocycles. The number of halogens is 1. The largest absolute Gasteiger partial charge is 0.478 e. The van der Waals surface area contributed by atoms with Crippen molar-refractivity contribution >= 4 is 31.9 Å². The first-order chi connectivity index (χ1) is 9.81. The summed E-state index contributed by atoms with van der Waals surface area (Å²) in [6.45, 7) is 1.41. The maximum atomic E-state index is 12.3. The van der Waals surface area contributed by atoms with Crippen LogP contribution < -0.4 is 4.72 Å². The summed E-state index contributed by atoms with van der Waals surface area (Å²) in [5.41, 5.74) is 0.271. The number of rotatable bonds is 5. The second-order valence-corrected chi connectivity index (χ2v) is 6.65. The van der Waals surface area contributed by atoms with Crippen LogP contribution in [0.4, 0.5) is 0 Å². The fourth-order valence-electron chi connectivity index (χ4n) is 1.56. The third-order valence-corrected chi connectivity index (χ3v) is 5.01. The molecule has 1 aromatic heterocycles. The highest BCUT2D eigenvalue weighted by atomic mass is 79.9. The quantitative estimate of drug-likeness (QED) is 0.807. The summed E-state index contributed by atoms with van der Waals surface area (Å²) in [5.74, 6) is -1.05. The van der Waals surface area contributed by atoms with E-state index in [1.54, 1.807) is 6.92 Å². The van der Waals surface area contributed by atoms with Crippen LogP contribution in [-0.2, 0) is 16.6 Å². The summed E-state index contributed by atoms with van der Waals surface area (Å²) in [6, 6.07) is 2.44. The molecule has 0 unspecified atom stereocenters. The molecule has 2 rings (SSSR count). The van der Waals surface area contributed by atoms with Gasteiger partial charge in [0.1, 0.15) is 0 Å². The van der Waals surface area contributed by atoms with Crippen molar-refractivity contribution in [3.05, 3.63) is 40.0 Å². The van der Waals surface area contributed by atoms with Gasteiger partial charge in [-0.25, -0.2) is 17.9 Å². The number of carboxylic acids is 1. The van der Waals surface area contributed by atoms with Gasteiger partial charge in [0.05, 0.1) is 17.0 Å². The van der Waals surface area contributed by atoms with Gasteiger partial charge < -0.3 is 9.63 Å². The molecule has 0 aliphatic carbocycles. The highest BCUT2D eigenvalue weighted by Crippen LogP contribution is 2.25. The van der Waals surface area contributed by atoms with Crippen molar-refractivity contribution < 1.29 is 22.8 Å². The zero-order valence-electron chi connectivity index (χ0n) is 10.7. The van der Waals surface area contributed by atoms with Crippen LogP contribution in [0.1, 0.15) is 21.7 Å². The Morgan fingerprint density at radius 2 is 2.19 bits per heavy atom. The highest BCUT2D eigenvalue weighted by molar-refractivity contribution is 9.10. The Morgan fingerprint density at radius 3 is 2.76 bits per heavy atom. The lowest BCUT2D eigenvalue weighted by atomic mass is 10.1. The van der Waals surface area contributed by atoms with Gasteiger partial charge in [0.15, 0.2) is 5.82 Å². The van der Waals surface area contributed by atoms with Crippen molar-refractivity contribution in [2.75, 3.05) is 0 Å². The number of hydrogen-bond acceptors (Lipinski definition) is 6. The zero-order valence-corrected chi connectivity index (χ0v) is 13.1. The average Bonchev–Trinajstić information content (AvgIpc) is 2.92. The average molecular weight is 376 g/mol. The van der Waals surface area contributed by atoms with Crippen LogP contribution in [0.3, 0.4) is 0 Å². The molecule has 0 saturated heterocycles. The molecule has 0 aliphatic heterocycles. The first kappa shape index (κ1) is 15.6. The molecule has 2 aromatic rings. The van der Waals surface area contributed by atoms with E-state index in [-0.39, 0.29) is 22.8 Å². The van der Waals surface area contributed by atoms with Crippen molar-refractivity contribution in [3.63, 3.8) is 0 Å². The van der Waals surface area contributed by atoms with Gasteiger partial charge in [0, 0.05) is 4.47 Å². The molecular weight excluding hydrogens is 366 g/mol. The number of sulfonamides is 1. The Morgan fingerprint density at radius 1 is 1.48 bits per heavy atom. The first-order valence-electron chi connectivity index (χ1n) is 5.59. The van der Waals surface area contributed by atoms with E-state index >= 15 is 0 Å². The standard InChI is InChI=1S/C11H10BrN3O5S/c1-6-8(12)2-7(11(16)17)3-9(6)21(18,19)14-4-10-13-5-20-15-10/h2-3,5,14H,4H2,1H3,(H,16,17). The van der Waals surface area contributed by atoms with Crippen LogP contribution in [0.2, 0.25) is 0 Å². The maximum Gasteiger partial charge on any atom is 0.335 e. The molecule has 21 heavy (non-hydrogen) atoms. The summed E-state index contributed by atoms with van der Waals surface area (Å²) in [6.07, 6.45) is 1.08. The minimum absolute atomic E-state index is 0.127. The highest BCUT2D eigenvalue weighted by Gasteiger charge is 2.21. The Bertz CT molecular complexity index is 773. The normalized spacial score (nSPS) is 11.5. The molecule has 10 heteroatoms. The predicted molar refractivity (Wildman–Crippen MR) is 74.2 cm³/mol. The molecule has 112 valence electrons. The van der Waals surface area contributed by atoms with Gasteiger partial charge in [-0.3, -0.25) is 0 Å². The summed E-state index contributed by atoms with van der Waals surface area (Å²) >= 11 is 3.15. The van der Waals surface area contributed by atoms with Gasteiger partial charge in [-0.1, -0.05) is 21.1 Å². The smallest absolute Gasteiger partial charge is 0.335 e. The molecule has 8 nitrogen and oxygen atoms in total. The van der Waals surface area contributed by atoms with Gasteiger partial charge >= 0.3 is 5.97 Å². The Kier molecular flexibility index (Phi) is 4.40. The van der Waals surface area contributed by atoms with Crippen LogP contribution >= 0.6 is 15.9 Å². The zero-order chi connectivity index (χ0) is 15.6. The molecule has 0 radical (unpaired) electrons. The lowest BCUT2D eigenvalue weighted by molar-refractivity contribution is 0.0696. The topological polar surface area (TPSA) is 122 Å². The van der Waals surface area contributed by atoms with Crippen molar-refractivity contribution in [1.29, 1.82) is 0 Å². The van der Waals surface area contributed by atoms with Gasteiger partial charge in [-0.05, 0) is 24.6 Å². The van der Waals surface area contributed by atoms with E-state index in [0.717, 1.165) is 12.5 Å². The Labute approximate surface area is 128 Å². The van der Waals surface area contributed by atoms with E-state index in [1.165, 1.54) is 6.07 Å². The molecule has 0 bridgehead atoms. The number of benzene rings is 1. The monoisotopic (exact) mass is 375 g/mol. The van der Waals surface area contributed by atoms with E-state index in [2.05, 4.69) is 35.3 Å². The van der Waals surface area contributed by atoms with Crippen molar-refractivity contribution in [3.8, 4) is 0 Å². The van der Waals surface area contributed by atoms with Gasteiger partial charge in [-0.2, -0.15) is 4.98 Å². The van der Waals surface area contributed by atoms with E-state index in [4.69, 9.17) is 5.11 Å². The summed E-state index contributed by atoms with van der Waals surface area (Å²) in [4.78, 5) is 14.6. The SMILES string of the molecule is Cc1c(Br)cc(C(=O)O)cc1S(=O)(=O)NCc1ncon1. The van der Waals surface area contributed by atoms with Crippen LogP contribution in [0.5, 0.6) is 0 Å². The lowest BCUT2D eigenvalue weighted by Crippen LogP contribution is -2.25. The van der Waals surface area contributed by atoms with Crippen LogP contribution in [0.15, 0.2) is 32.4 Å². The van der Waals surface area contributed by atoms with E-state index in [9.17, 15) is 13.2 Å². The van der Waals surface area contributed by atoms with Crippen molar-refractivity contribution in [2.45, 2.75) is 18.4 Å². The molecular formula is C11H10BrN3O5S. The van der Waals surface area contributed by atoms with E-state index in [0.29, 0.717) is 10.0 Å². The van der Waals surface area contributed by atoms with Crippen LogP contribution in [0.25, 0.3) is 0 Å². The molecule has 0 aliphatic rings. The Hall–Kier alpha value is -1.78. The van der Waals surface area contributed by atoms with Gasteiger partial charge in [0.25, 0.3) is 0 Å². The first-order valence-corrected chi connectivity index (χ1v) is 7.87. The van der Waals surface area contributed by atoms with Crippen molar-refractivity contribution in [1.82, 2.24) is 14.9 Å². The number of nitrogens with one attached hydrogen (secondary N) is 1. The Balaban J connectivity index is 2.37. The molecule has 1 aromatic carbocycles. The molecule has 1 heterocycles. The van der Waals surface area contributed by atoms with E-state index < -0.39 is 16.0 Å². The molecule has 2 N–H and O–H groups in total. The minimum atomic E-state index is -3.91. The summed E-state index contributed by atoms with van der Waals surface area (Å²) in [5, 5.41) is 12.5.